The standard InChI is InChI=1S/C6H5N5/c1-11-5(3-8)4(2-7)10-6(11)9/h1H3,(H2,9,10). The van der Waals surface area contributed by atoms with Crippen molar-refractivity contribution in [1.82, 2.24) is 9.55 Å². The van der Waals surface area contributed by atoms with Crippen LogP contribution in [0, 0.1) is 22.7 Å². The van der Waals surface area contributed by atoms with E-state index < -0.39 is 0 Å². The van der Waals surface area contributed by atoms with Crippen molar-refractivity contribution >= 4 is 5.95 Å². The Morgan fingerprint density at radius 2 is 2.09 bits per heavy atom. The van der Waals surface area contributed by atoms with Gasteiger partial charge < -0.3 is 10.3 Å². The maximum absolute atomic E-state index is 8.53. The molecule has 54 valence electrons. The van der Waals surface area contributed by atoms with Gasteiger partial charge in [-0.05, 0) is 0 Å². The Hall–Kier alpha value is -2.01. The zero-order valence-corrected chi connectivity index (χ0v) is 5.87. The van der Waals surface area contributed by atoms with E-state index in [1.807, 2.05) is 6.07 Å². The van der Waals surface area contributed by atoms with E-state index in [1.165, 1.54) is 4.57 Å². The van der Waals surface area contributed by atoms with E-state index in [1.54, 1.807) is 13.1 Å². The highest BCUT2D eigenvalue weighted by atomic mass is 15.1. The van der Waals surface area contributed by atoms with Gasteiger partial charge in [-0.15, -0.1) is 0 Å². The van der Waals surface area contributed by atoms with E-state index in [4.69, 9.17) is 16.3 Å². The molecule has 1 aromatic rings. The summed E-state index contributed by atoms with van der Waals surface area (Å²) in [6.07, 6.45) is 0. The maximum Gasteiger partial charge on any atom is 0.202 e. The molecule has 0 spiro atoms. The lowest BCUT2D eigenvalue weighted by Crippen LogP contribution is -1.98. The monoisotopic (exact) mass is 147 g/mol. The first-order valence-electron chi connectivity index (χ1n) is 2.83. The van der Waals surface area contributed by atoms with Crippen LogP contribution in [0.15, 0.2) is 0 Å². The van der Waals surface area contributed by atoms with Crippen molar-refractivity contribution < 1.29 is 0 Å². The van der Waals surface area contributed by atoms with Crippen LogP contribution in [-0.2, 0) is 7.05 Å². The molecule has 0 unspecified atom stereocenters. The Balaban J connectivity index is 3.45. The third-order valence-corrected chi connectivity index (χ3v) is 1.34. The van der Waals surface area contributed by atoms with Crippen molar-refractivity contribution in [3.05, 3.63) is 11.4 Å². The molecular weight excluding hydrogens is 142 g/mol. The first kappa shape index (κ1) is 7.10. The first-order valence-corrected chi connectivity index (χ1v) is 2.83. The van der Waals surface area contributed by atoms with Crippen molar-refractivity contribution in [2.24, 2.45) is 7.05 Å². The highest BCUT2D eigenvalue weighted by molar-refractivity contribution is 5.42. The summed E-state index contributed by atoms with van der Waals surface area (Å²) >= 11 is 0. The number of hydrogen-bond donors (Lipinski definition) is 1. The van der Waals surface area contributed by atoms with Gasteiger partial charge in [-0.25, -0.2) is 4.98 Å². The number of aromatic nitrogens is 2. The van der Waals surface area contributed by atoms with E-state index in [-0.39, 0.29) is 17.3 Å². The molecule has 11 heavy (non-hydrogen) atoms. The number of nitrogens with zero attached hydrogens (tertiary/aromatic N) is 4. The summed E-state index contributed by atoms with van der Waals surface area (Å²) < 4.78 is 1.37. The number of imidazole rings is 1. The molecule has 0 aliphatic rings. The second kappa shape index (κ2) is 2.31. The fourth-order valence-electron chi connectivity index (χ4n) is 0.722. The van der Waals surface area contributed by atoms with E-state index in [9.17, 15) is 0 Å². The van der Waals surface area contributed by atoms with E-state index in [0.717, 1.165) is 0 Å². The Kier molecular flexibility index (Phi) is 1.49. The average molecular weight is 147 g/mol. The van der Waals surface area contributed by atoms with Crippen LogP contribution in [0.3, 0.4) is 0 Å². The summed E-state index contributed by atoms with van der Waals surface area (Å²) in [7, 11) is 1.59. The first-order chi connectivity index (χ1) is 5.20. The van der Waals surface area contributed by atoms with Crippen LogP contribution < -0.4 is 5.73 Å². The fraction of sp³-hybridized carbons (Fsp3) is 0.167. The van der Waals surface area contributed by atoms with Crippen LogP contribution >= 0.6 is 0 Å². The average Bonchev–Trinajstić information content (AvgIpc) is 2.28. The molecule has 0 fully saturated rings. The summed E-state index contributed by atoms with van der Waals surface area (Å²) in [4.78, 5) is 3.66. The molecule has 0 aromatic carbocycles. The van der Waals surface area contributed by atoms with E-state index in [2.05, 4.69) is 4.98 Å². The van der Waals surface area contributed by atoms with Crippen LogP contribution in [0.5, 0.6) is 0 Å². The molecule has 0 radical (unpaired) electrons. The number of nitrogens with two attached hydrogens (primary N) is 1. The Morgan fingerprint density at radius 1 is 1.45 bits per heavy atom. The van der Waals surface area contributed by atoms with Gasteiger partial charge in [-0.3, -0.25) is 0 Å². The molecule has 0 amide bonds. The molecule has 1 rings (SSSR count). The van der Waals surface area contributed by atoms with Crippen molar-refractivity contribution in [2.75, 3.05) is 5.73 Å². The van der Waals surface area contributed by atoms with Crippen LogP contribution in [0.4, 0.5) is 5.95 Å². The van der Waals surface area contributed by atoms with Crippen LogP contribution in [-0.4, -0.2) is 9.55 Å². The normalized spacial score (nSPS) is 8.64. The van der Waals surface area contributed by atoms with Crippen LogP contribution in [0.2, 0.25) is 0 Å². The Bertz CT molecular complexity index is 362. The predicted octanol–water partition coefficient (Wildman–Crippen LogP) is -0.254. The van der Waals surface area contributed by atoms with Crippen molar-refractivity contribution in [3.63, 3.8) is 0 Å². The molecule has 1 aromatic heterocycles. The van der Waals surface area contributed by atoms with Gasteiger partial charge in [0.1, 0.15) is 12.1 Å². The summed E-state index contributed by atoms with van der Waals surface area (Å²) in [5, 5.41) is 17.0. The van der Waals surface area contributed by atoms with Crippen molar-refractivity contribution in [1.29, 1.82) is 10.5 Å². The van der Waals surface area contributed by atoms with Crippen LogP contribution in [0.1, 0.15) is 11.4 Å². The van der Waals surface area contributed by atoms with Crippen molar-refractivity contribution in [3.8, 4) is 12.1 Å². The second-order valence-corrected chi connectivity index (χ2v) is 1.95. The van der Waals surface area contributed by atoms with Gasteiger partial charge in [-0.1, -0.05) is 0 Å². The number of hydrogen-bond acceptors (Lipinski definition) is 4. The van der Waals surface area contributed by atoms with Gasteiger partial charge in [0.05, 0.1) is 0 Å². The number of rotatable bonds is 0. The molecule has 0 aliphatic heterocycles. The largest absolute Gasteiger partial charge is 0.369 e. The maximum atomic E-state index is 8.53. The van der Waals surface area contributed by atoms with Gasteiger partial charge in [-0.2, -0.15) is 10.5 Å². The lowest BCUT2D eigenvalue weighted by molar-refractivity contribution is 0.912. The summed E-state index contributed by atoms with van der Waals surface area (Å²) in [6.45, 7) is 0. The zero-order chi connectivity index (χ0) is 8.43. The molecular formula is C6H5N5. The van der Waals surface area contributed by atoms with Crippen LogP contribution in [0.25, 0.3) is 0 Å². The molecule has 0 aliphatic carbocycles. The summed E-state index contributed by atoms with van der Waals surface area (Å²) in [6, 6.07) is 3.61. The zero-order valence-electron chi connectivity index (χ0n) is 5.87. The topological polar surface area (TPSA) is 91.4 Å². The third kappa shape index (κ3) is 0.886. The molecule has 2 N–H and O–H groups in total. The minimum atomic E-state index is 0.0764. The Labute approximate surface area is 63.3 Å². The summed E-state index contributed by atoms with van der Waals surface area (Å²) in [5.74, 6) is 0.179. The van der Waals surface area contributed by atoms with Gasteiger partial charge in [0.15, 0.2) is 11.4 Å². The Morgan fingerprint density at radius 3 is 2.45 bits per heavy atom. The third-order valence-electron chi connectivity index (χ3n) is 1.34. The molecule has 0 saturated carbocycles. The molecule has 0 bridgehead atoms. The fourth-order valence-corrected chi connectivity index (χ4v) is 0.722. The van der Waals surface area contributed by atoms with Crippen molar-refractivity contribution in [2.45, 2.75) is 0 Å². The number of nitriles is 2. The minimum Gasteiger partial charge on any atom is -0.369 e. The molecule has 5 heteroatoms. The quantitative estimate of drug-likeness (QED) is 0.547. The molecule has 1 heterocycles. The minimum absolute atomic E-state index is 0.0764. The number of nitrogen functional groups attached to an aromatic ring is 1. The van der Waals surface area contributed by atoms with Gasteiger partial charge in [0.25, 0.3) is 0 Å². The SMILES string of the molecule is Cn1c(N)nc(C#N)c1C#N. The smallest absolute Gasteiger partial charge is 0.202 e. The van der Waals surface area contributed by atoms with E-state index in [0.29, 0.717) is 0 Å². The van der Waals surface area contributed by atoms with Gasteiger partial charge in [0.2, 0.25) is 5.95 Å². The predicted molar refractivity (Wildman–Crippen MR) is 37.1 cm³/mol. The second-order valence-electron chi connectivity index (χ2n) is 1.95. The lowest BCUT2D eigenvalue weighted by atomic mass is 10.4. The molecule has 0 atom stereocenters. The highest BCUT2D eigenvalue weighted by Gasteiger charge is 2.10. The lowest BCUT2D eigenvalue weighted by Gasteiger charge is -1.91. The summed E-state index contributed by atoms with van der Waals surface area (Å²) in [5.41, 5.74) is 5.62. The number of anilines is 1. The van der Waals surface area contributed by atoms with E-state index >= 15 is 0 Å². The van der Waals surface area contributed by atoms with Gasteiger partial charge >= 0.3 is 0 Å². The highest BCUT2D eigenvalue weighted by Crippen LogP contribution is 2.08. The molecule has 0 saturated heterocycles. The van der Waals surface area contributed by atoms with Gasteiger partial charge in [0, 0.05) is 7.05 Å². The molecule has 5 nitrogen and oxygen atoms in total.